The van der Waals surface area contributed by atoms with Gasteiger partial charge in [-0.05, 0) is 32.1 Å². The molecule has 5 atom stereocenters. The van der Waals surface area contributed by atoms with Crippen molar-refractivity contribution < 1.29 is 34.2 Å². The average Bonchev–Trinajstić information content (AvgIpc) is 2.72. The Kier molecular flexibility index (Phi) is 13.9. The molecule has 35 heavy (non-hydrogen) atoms. The summed E-state index contributed by atoms with van der Waals surface area (Å²) in [7, 11) is 0. The largest absolute Gasteiger partial charge is 0.480 e. The lowest BCUT2D eigenvalue weighted by Gasteiger charge is -2.27. The lowest BCUT2D eigenvalue weighted by molar-refractivity contribution is -0.144. The van der Waals surface area contributed by atoms with Crippen molar-refractivity contribution in [3.8, 4) is 0 Å². The summed E-state index contributed by atoms with van der Waals surface area (Å²) in [6.45, 7) is 5.10. The summed E-state index contributed by atoms with van der Waals surface area (Å²) in [5.41, 5.74) is 21.3. The number of nitrogens with one attached hydrogen (secondary N) is 3. The van der Waals surface area contributed by atoms with Crippen LogP contribution in [0.1, 0.15) is 46.5 Å². The van der Waals surface area contributed by atoms with Crippen molar-refractivity contribution in [1.29, 1.82) is 0 Å². The van der Waals surface area contributed by atoms with Crippen LogP contribution in [0.2, 0.25) is 0 Å². The minimum absolute atomic E-state index is 0.0464. The third kappa shape index (κ3) is 13.1. The van der Waals surface area contributed by atoms with E-state index in [4.69, 9.17) is 28.0 Å². The van der Waals surface area contributed by atoms with E-state index in [0.717, 1.165) is 0 Å². The fourth-order valence-corrected chi connectivity index (χ4v) is 2.95. The molecule has 0 aliphatic rings. The molecule has 0 radical (unpaired) electrons. The number of hydrogen-bond donors (Lipinski definition) is 9. The zero-order chi connectivity index (χ0) is 27.3. The van der Waals surface area contributed by atoms with Crippen molar-refractivity contribution in [2.45, 2.75) is 76.7 Å². The van der Waals surface area contributed by atoms with Crippen LogP contribution in [0, 0.1) is 5.92 Å². The molecule has 0 saturated heterocycles. The van der Waals surface area contributed by atoms with Crippen LogP contribution in [-0.4, -0.2) is 82.6 Å². The van der Waals surface area contributed by atoms with Crippen molar-refractivity contribution in [2.75, 3.05) is 6.54 Å². The molecule has 15 nitrogen and oxygen atoms in total. The van der Waals surface area contributed by atoms with Crippen LogP contribution in [0.25, 0.3) is 0 Å². The maximum absolute atomic E-state index is 12.9. The number of primary amides is 1. The van der Waals surface area contributed by atoms with Gasteiger partial charge in [-0.15, -0.1) is 0 Å². The van der Waals surface area contributed by atoms with Crippen molar-refractivity contribution in [3.63, 3.8) is 0 Å². The van der Waals surface area contributed by atoms with Gasteiger partial charge in [0.25, 0.3) is 0 Å². The molecule has 4 amide bonds. The van der Waals surface area contributed by atoms with Gasteiger partial charge in [0.05, 0.1) is 18.6 Å². The summed E-state index contributed by atoms with van der Waals surface area (Å²) in [5.74, 6) is -5.07. The Balaban J connectivity index is 5.34. The molecule has 0 aliphatic heterocycles. The minimum atomic E-state index is -1.65. The number of carboxylic acid groups (broad SMARTS) is 1. The highest BCUT2D eigenvalue weighted by molar-refractivity contribution is 5.95. The highest BCUT2D eigenvalue weighted by Gasteiger charge is 2.33. The monoisotopic (exact) mass is 502 g/mol. The van der Waals surface area contributed by atoms with Gasteiger partial charge < -0.3 is 49.1 Å². The van der Waals surface area contributed by atoms with E-state index in [1.807, 2.05) is 13.8 Å². The number of guanidine groups is 1. The van der Waals surface area contributed by atoms with Gasteiger partial charge in [0, 0.05) is 6.54 Å². The number of aliphatic hydroxyl groups excluding tert-OH is 1. The second-order valence-electron chi connectivity index (χ2n) is 8.54. The topological polar surface area (TPSA) is 278 Å². The molecule has 13 N–H and O–H groups in total. The standard InChI is InChI=1S/C20H38N8O7/c1-9(2)7-12(26-16(31)11(21)5-4-6-25-20(23)24)17(32)28-15(10(3)29)18(33)27-13(19(34)35)8-14(22)30/h9-13,15,29H,4-8,21H2,1-3H3,(H2,22,30)(H,26,31)(H,27,33)(H,28,32)(H,34,35)(H4,23,24,25). The van der Waals surface area contributed by atoms with Crippen molar-refractivity contribution in [1.82, 2.24) is 16.0 Å². The van der Waals surface area contributed by atoms with Crippen LogP contribution in [0.3, 0.4) is 0 Å². The predicted octanol–water partition coefficient (Wildman–Crippen LogP) is -3.79. The third-order valence-electron chi connectivity index (χ3n) is 4.73. The van der Waals surface area contributed by atoms with Crippen LogP contribution in [0.4, 0.5) is 0 Å². The van der Waals surface area contributed by atoms with Gasteiger partial charge in [-0.3, -0.25) is 24.2 Å². The van der Waals surface area contributed by atoms with Gasteiger partial charge in [-0.25, -0.2) is 4.79 Å². The fraction of sp³-hybridized carbons (Fsp3) is 0.700. The van der Waals surface area contributed by atoms with Crippen molar-refractivity contribution >= 4 is 35.6 Å². The molecule has 15 heteroatoms. The van der Waals surface area contributed by atoms with Gasteiger partial charge in [-0.1, -0.05) is 13.8 Å². The molecular formula is C20H38N8O7. The van der Waals surface area contributed by atoms with Crippen LogP contribution >= 0.6 is 0 Å². The molecule has 0 spiro atoms. The molecule has 0 fully saturated rings. The lowest BCUT2D eigenvalue weighted by atomic mass is 10.0. The van der Waals surface area contributed by atoms with Crippen LogP contribution in [0.15, 0.2) is 4.99 Å². The highest BCUT2D eigenvalue weighted by atomic mass is 16.4. The number of rotatable bonds is 16. The smallest absolute Gasteiger partial charge is 0.326 e. The van der Waals surface area contributed by atoms with Crippen LogP contribution < -0.4 is 38.9 Å². The van der Waals surface area contributed by atoms with E-state index in [9.17, 15) is 29.1 Å². The number of aliphatic imine (C=N–C) groups is 1. The van der Waals surface area contributed by atoms with Gasteiger partial charge in [0.15, 0.2) is 5.96 Å². The van der Waals surface area contributed by atoms with E-state index < -0.39 is 66.3 Å². The van der Waals surface area contributed by atoms with E-state index in [1.165, 1.54) is 6.92 Å². The number of nitrogens with two attached hydrogens (primary N) is 4. The first-order valence-corrected chi connectivity index (χ1v) is 11.1. The zero-order valence-electron chi connectivity index (χ0n) is 20.2. The second-order valence-corrected chi connectivity index (χ2v) is 8.54. The summed E-state index contributed by atoms with van der Waals surface area (Å²) in [5, 5.41) is 26.1. The van der Waals surface area contributed by atoms with Crippen LogP contribution in [0.5, 0.6) is 0 Å². The Hall–Kier alpha value is -3.46. The molecule has 0 aromatic heterocycles. The summed E-state index contributed by atoms with van der Waals surface area (Å²) in [4.78, 5) is 64.1. The van der Waals surface area contributed by atoms with Crippen LogP contribution in [-0.2, 0) is 24.0 Å². The van der Waals surface area contributed by atoms with Crippen molar-refractivity contribution in [2.24, 2.45) is 33.8 Å². The summed E-state index contributed by atoms with van der Waals surface area (Å²) >= 11 is 0. The zero-order valence-corrected chi connectivity index (χ0v) is 20.2. The van der Waals surface area contributed by atoms with Gasteiger partial charge in [0.1, 0.15) is 18.1 Å². The predicted molar refractivity (Wildman–Crippen MR) is 126 cm³/mol. The maximum Gasteiger partial charge on any atom is 0.326 e. The number of carbonyl (C=O) groups is 5. The number of amides is 4. The Morgan fingerprint density at radius 1 is 0.886 bits per heavy atom. The normalized spacial score (nSPS) is 15.1. The molecule has 0 rings (SSSR count). The number of nitrogens with zero attached hydrogens (tertiary/aromatic N) is 1. The first-order valence-electron chi connectivity index (χ1n) is 11.1. The summed E-state index contributed by atoms with van der Waals surface area (Å²) in [6.07, 6.45) is -1.27. The fourth-order valence-electron chi connectivity index (χ4n) is 2.95. The van der Waals surface area contributed by atoms with Gasteiger partial charge in [0.2, 0.25) is 23.6 Å². The van der Waals surface area contributed by atoms with Gasteiger partial charge in [-0.2, -0.15) is 0 Å². The second kappa shape index (κ2) is 15.4. The number of aliphatic hydroxyl groups is 1. The Morgan fingerprint density at radius 2 is 1.46 bits per heavy atom. The molecule has 0 heterocycles. The Bertz CT molecular complexity index is 783. The number of hydrogen-bond acceptors (Lipinski definition) is 8. The SMILES string of the molecule is CC(C)CC(NC(=O)C(N)CCCN=C(N)N)C(=O)NC(C(=O)NC(CC(N)=O)C(=O)O)C(C)O. The average molecular weight is 503 g/mol. The quantitative estimate of drug-likeness (QED) is 0.0563. The number of carboxylic acids is 1. The molecule has 0 aromatic rings. The van der Waals surface area contributed by atoms with E-state index in [1.54, 1.807) is 0 Å². The molecule has 200 valence electrons. The number of carbonyl (C=O) groups excluding carboxylic acids is 4. The molecule has 0 saturated carbocycles. The maximum atomic E-state index is 12.9. The molecule has 0 bridgehead atoms. The van der Waals surface area contributed by atoms with E-state index in [-0.39, 0.29) is 31.3 Å². The Morgan fingerprint density at radius 3 is 1.91 bits per heavy atom. The lowest BCUT2D eigenvalue weighted by Crippen LogP contribution is -2.60. The molecule has 0 aliphatic carbocycles. The van der Waals surface area contributed by atoms with Gasteiger partial charge >= 0.3 is 5.97 Å². The first-order chi connectivity index (χ1) is 16.1. The Labute approximate surface area is 203 Å². The summed E-state index contributed by atoms with van der Waals surface area (Å²) in [6, 6.07) is -5.27. The van der Waals surface area contributed by atoms with E-state index in [2.05, 4.69) is 20.9 Å². The third-order valence-corrected chi connectivity index (χ3v) is 4.73. The van der Waals surface area contributed by atoms with Crippen molar-refractivity contribution in [3.05, 3.63) is 0 Å². The van der Waals surface area contributed by atoms with E-state index >= 15 is 0 Å². The molecule has 0 aromatic carbocycles. The molecular weight excluding hydrogens is 464 g/mol. The van der Waals surface area contributed by atoms with E-state index in [0.29, 0.717) is 6.42 Å². The highest BCUT2D eigenvalue weighted by Crippen LogP contribution is 2.08. The first kappa shape index (κ1) is 31.5. The molecule has 5 unspecified atom stereocenters. The minimum Gasteiger partial charge on any atom is -0.480 e. The number of aliphatic carboxylic acids is 1. The summed E-state index contributed by atoms with van der Waals surface area (Å²) < 4.78 is 0.